The van der Waals surface area contributed by atoms with Gasteiger partial charge in [0.1, 0.15) is 0 Å². The molecule has 2 aromatic carbocycles. The van der Waals surface area contributed by atoms with Gasteiger partial charge in [-0.2, -0.15) is 18.3 Å². The van der Waals surface area contributed by atoms with Crippen molar-refractivity contribution in [1.82, 2.24) is 5.01 Å². The number of ether oxygens (including phenoxy) is 2. The van der Waals surface area contributed by atoms with Gasteiger partial charge in [0, 0.05) is 23.6 Å². The van der Waals surface area contributed by atoms with Crippen molar-refractivity contribution in [1.29, 1.82) is 0 Å². The largest absolute Gasteiger partial charge is 0.493 e. The number of anilines is 1. The first-order valence-corrected chi connectivity index (χ1v) is 10.2. The van der Waals surface area contributed by atoms with E-state index in [1.54, 1.807) is 18.5 Å². The standard InChI is InChI=1S/C23H24F3N3O4/c1-4-15-12-20(30)29(28-21(15)16-7-10-18(32-2)19(11-16)33-3)13-14-5-8-17(9-6-14)27-22(31)23(24,25)26/h5-11,15H,4,12-13H2,1-3H3,(H,27,31). The Morgan fingerprint density at radius 3 is 2.36 bits per heavy atom. The SMILES string of the molecule is CCC1CC(=O)N(Cc2ccc(NC(=O)C(F)(F)F)cc2)N=C1c1ccc(OC)c(OC)c1. The van der Waals surface area contributed by atoms with Crippen LogP contribution >= 0.6 is 0 Å². The van der Waals surface area contributed by atoms with Crippen molar-refractivity contribution in [2.24, 2.45) is 11.0 Å². The van der Waals surface area contributed by atoms with Gasteiger partial charge in [0.25, 0.3) is 0 Å². The van der Waals surface area contributed by atoms with Gasteiger partial charge in [-0.15, -0.1) is 0 Å². The first kappa shape index (κ1) is 24.1. The molecule has 0 saturated heterocycles. The number of benzene rings is 2. The molecule has 0 aliphatic carbocycles. The van der Waals surface area contributed by atoms with Crippen LogP contribution in [0.1, 0.15) is 30.9 Å². The summed E-state index contributed by atoms with van der Waals surface area (Å²) in [5, 5.41) is 7.74. The molecule has 1 unspecified atom stereocenters. The highest BCUT2D eigenvalue weighted by Gasteiger charge is 2.38. The van der Waals surface area contributed by atoms with Gasteiger partial charge in [-0.1, -0.05) is 19.1 Å². The second-order valence-electron chi connectivity index (χ2n) is 7.46. The highest BCUT2D eigenvalue weighted by Crippen LogP contribution is 2.31. The Kier molecular flexibility index (Phi) is 7.25. The number of carbonyl (C=O) groups is 2. The zero-order valence-corrected chi connectivity index (χ0v) is 18.4. The van der Waals surface area contributed by atoms with Gasteiger partial charge in [0.15, 0.2) is 11.5 Å². The van der Waals surface area contributed by atoms with Crippen LogP contribution < -0.4 is 14.8 Å². The van der Waals surface area contributed by atoms with Crippen molar-refractivity contribution in [3.05, 3.63) is 53.6 Å². The molecule has 1 aliphatic heterocycles. The summed E-state index contributed by atoms with van der Waals surface area (Å²) in [5.74, 6) is -1.13. The van der Waals surface area contributed by atoms with Crippen molar-refractivity contribution in [2.45, 2.75) is 32.5 Å². The van der Waals surface area contributed by atoms with Gasteiger partial charge in [0.2, 0.25) is 5.91 Å². The lowest BCUT2D eigenvalue weighted by Gasteiger charge is -2.29. The third kappa shape index (κ3) is 5.63. The van der Waals surface area contributed by atoms with E-state index in [2.05, 4.69) is 5.10 Å². The molecule has 2 aromatic rings. The maximum absolute atomic E-state index is 12.7. The summed E-state index contributed by atoms with van der Waals surface area (Å²) >= 11 is 0. The predicted octanol–water partition coefficient (Wildman–Crippen LogP) is 4.37. The summed E-state index contributed by atoms with van der Waals surface area (Å²) in [7, 11) is 3.09. The topological polar surface area (TPSA) is 80.2 Å². The molecule has 1 heterocycles. The Labute approximate surface area is 189 Å². The maximum atomic E-state index is 12.7. The number of hydrogen-bond acceptors (Lipinski definition) is 5. The quantitative estimate of drug-likeness (QED) is 0.662. The summed E-state index contributed by atoms with van der Waals surface area (Å²) in [4.78, 5) is 23.8. The van der Waals surface area contributed by atoms with Gasteiger partial charge in [-0.05, 0) is 42.3 Å². The Balaban J connectivity index is 1.83. The van der Waals surface area contributed by atoms with Crippen molar-refractivity contribution in [2.75, 3.05) is 19.5 Å². The average Bonchev–Trinajstić information content (AvgIpc) is 2.80. The molecule has 0 radical (unpaired) electrons. The fraction of sp³-hybridized carbons (Fsp3) is 0.348. The zero-order chi connectivity index (χ0) is 24.2. The third-order valence-corrected chi connectivity index (χ3v) is 5.30. The van der Waals surface area contributed by atoms with E-state index < -0.39 is 12.1 Å². The van der Waals surface area contributed by atoms with E-state index in [1.165, 1.54) is 36.4 Å². The minimum absolute atomic E-state index is 0.00612. The second kappa shape index (κ2) is 9.93. The Morgan fingerprint density at radius 2 is 1.79 bits per heavy atom. The van der Waals surface area contributed by atoms with E-state index in [0.717, 1.165) is 17.7 Å². The number of nitrogens with zero attached hydrogens (tertiary/aromatic N) is 2. The molecular weight excluding hydrogens is 439 g/mol. The van der Waals surface area contributed by atoms with Crippen LogP contribution in [-0.4, -0.2) is 42.9 Å². The van der Waals surface area contributed by atoms with Crippen LogP contribution in [0, 0.1) is 5.92 Å². The van der Waals surface area contributed by atoms with Crippen LogP contribution in [0.3, 0.4) is 0 Å². The number of carbonyl (C=O) groups excluding carboxylic acids is 2. The first-order chi connectivity index (χ1) is 15.7. The van der Waals surface area contributed by atoms with E-state index in [1.807, 2.05) is 19.1 Å². The molecule has 1 N–H and O–H groups in total. The first-order valence-electron chi connectivity index (χ1n) is 10.2. The van der Waals surface area contributed by atoms with Crippen molar-refractivity contribution < 1.29 is 32.2 Å². The maximum Gasteiger partial charge on any atom is 0.471 e. The average molecular weight is 463 g/mol. The van der Waals surface area contributed by atoms with Crippen LogP contribution in [0.25, 0.3) is 0 Å². The molecule has 0 fully saturated rings. The van der Waals surface area contributed by atoms with Crippen LogP contribution in [0.4, 0.5) is 18.9 Å². The van der Waals surface area contributed by atoms with Crippen LogP contribution in [-0.2, 0) is 16.1 Å². The van der Waals surface area contributed by atoms with Crippen molar-refractivity contribution >= 4 is 23.2 Å². The molecule has 0 saturated carbocycles. The molecule has 1 atom stereocenters. The lowest BCUT2D eigenvalue weighted by molar-refractivity contribution is -0.167. The molecule has 0 spiro atoms. The minimum atomic E-state index is -4.97. The highest BCUT2D eigenvalue weighted by molar-refractivity contribution is 6.06. The summed E-state index contributed by atoms with van der Waals surface area (Å²) in [6, 6.07) is 11.2. The summed E-state index contributed by atoms with van der Waals surface area (Å²) in [5.41, 5.74) is 2.21. The molecule has 2 amide bonds. The zero-order valence-electron chi connectivity index (χ0n) is 18.4. The van der Waals surface area contributed by atoms with Crippen molar-refractivity contribution in [3.8, 4) is 11.5 Å². The van der Waals surface area contributed by atoms with Crippen LogP contribution in [0.2, 0.25) is 0 Å². The van der Waals surface area contributed by atoms with Gasteiger partial charge >= 0.3 is 12.1 Å². The normalized spacial score (nSPS) is 16.3. The molecule has 33 heavy (non-hydrogen) atoms. The van der Waals surface area contributed by atoms with Gasteiger partial charge in [-0.3, -0.25) is 9.59 Å². The van der Waals surface area contributed by atoms with E-state index >= 15 is 0 Å². The number of alkyl halides is 3. The number of hydrogen-bond donors (Lipinski definition) is 1. The van der Waals surface area contributed by atoms with E-state index in [0.29, 0.717) is 17.1 Å². The van der Waals surface area contributed by atoms with Crippen molar-refractivity contribution in [3.63, 3.8) is 0 Å². The molecule has 3 rings (SSSR count). The van der Waals surface area contributed by atoms with Crippen LogP contribution in [0.5, 0.6) is 11.5 Å². The third-order valence-electron chi connectivity index (χ3n) is 5.30. The monoisotopic (exact) mass is 463 g/mol. The fourth-order valence-electron chi connectivity index (χ4n) is 3.50. The summed E-state index contributed by atoms with van der Waals surface area (Å²) in [6.45, 7) is 2.12. The number of amides is 2. The molecule has 1 aliphatic rings. The Bertz CT molecular complexity index is 1050. The molecule has 176 valence electrons. The van der Waals surface area contributed by atoms with Crippen LogP contribution in [0.15, 0.2) is 47.6 Å². The van der Waals surface area contributed by atoms with Gasteiger partial charge in [0.05, 0.1) is 26.5 Å². The molecule has 10 heteroatoms. The Morgan fingerprint density at radius 1 is 1.12 bits per heavy atom. The second-order valence-corrected chi connectivity index (χ2v) is 7.46. The Hall–Kier alpha value is -3.56. The van der Waals surface area contributed by atoms with Gasteiger partial charge < -0.3 is 14.8 Å². The molecule has 0 aromatic heterocycles. The smallest absolute Gasteiger partial charge is 0.471 e. The summed E-state index contributed by atoms with van der Waals surface area (Å²) in [6.07, 6.45) is -3.96. The number of hydrazone groups is 1. The fourth-order valence-corrected chi connectivity index (χ4v) is 3.50. The minimum Gasteiger partial charge on any atom is -0.493 e. The highest BCUT2D eigenvalue weighted by atomic mass is 19.4. The number of halogens is 3. The molecule has 0 bridgehead atoms. The predicted molar refractivity (Wildman–Crippen MR) is 116 cm³/mol. The number of nitrogens with one attached hydrogen (secondary N) is 1. The number of methoxy groups -OCH3 is 2. The lowest BCUT2D eigenvalue weighted by Crippen LogP contribution is -2.36. The lowest BCUT2D eigenvalue weighted by atomic mass is 9.89. The molecular formula is C23H24F3N3O4. The molecule has 7 nitrogen and oxygen atoms in total. The summed E-state index contributed by atoms with van der Waals surface area (Å²) < 4.78 is 47.9. The number of rotatable bonds is 7. The van der Waals surface area contributed by atoms with E-state index in [-0.39, 0.29) is 30.5 Å². The van der Waals surface area contributed by atoms with E-state index in [4.69, 9.17) is 9.47 Å². The van der Waals surface area contributed by atoms with Gasteiger partial charge in [-0.25, -0.2) is 5.01 Å². The van der Waals surface area contributed by atoms with E-state index in [9.17, 15) is 22.8 Å².